The number of benzene rings is 4. The maximum absolute atomic E-state index is 13.3. The molecular weight excluding hydrogens is 513 g/mol. The summed E-state index contributed by atoms with van der Waals surface area (Å²) < 4.78 is 0. The number of carbonyl (C=O) groups excluding carboxylic acids is 2. The van der Waals surface area contributed by atoms with Crippen LogP contribution in [-0.4, -0.2) is 35.0 Å². The zero-order chi connectivity index (χ0) is 27.8. The van der Waals surface area contributed by atoms with Crippen molar-refractivity contribution in [1.82, 2.24) is 5.32 Å². The van der Waals surface area contributed by atoms with Gasteiger partial charge in [0.15, 0.2) is 0 Å². The number of amides is 1. The van der Waals surface area contributed by atoms with Crippen LogP contribution in [-0.2, 0) is 11.2 Å². The van der Waals surface area contributed by atoms with Crippen LogP contribution in [0.15, 0.2) is 84.9 Å². The molecule has 0 aliphatic rings. The van der Waals surface area contributed by atoms with E-state index < -0.39 is 24.0 Å². The summed E-state index contributed by atoms with van der Waals surface area (Å²) >= 11 is 1.52. The number of nitrogens with one attached hydrogen (secondary N) is 1. The largest absolute Gasteiger partial charge is 1.00 e. The number of aryl methyl sites for hydroxylation is 2. The van der Waals surface area contributed by atoms with Gasteiger partial charge >= 0.3 is 18.9 Å². The van der Waals surface area contributed by atoms with E-state index in [0.29, 0.717) is 24.2 Å². The summed E-state index contributed by atoms with van der Waals surface area (Å²) in [7, 11) is 0. The van der Waals surface area contributed by atoms with Crippen LogP contribution in [0, 0.1) is 6.92 Å². The van der Waals surface area contributed by atoms with Crippen molar-refractivity contribution in [3.63, 3.8) is 0 Å². The first-order valence-electron chi connectivity index (χ1n) is 13.2. The molecule has 202 valence electrons. The Morgan fingerprint density at radius 2 is 1.62 bits per heavy atom. The fraction of sp³-hybridized carbons (Fsp3) is 0.273. The molecule has 4 aromatic carbocycles. The van der Waals surface area contributed by atoms with Crippen molar-refractivity contribution in [1.29, 1.82) is 0 Å². The van der Waals surface area contributed by atoms with Crippen LogP contribution in [0.25, 0.3) is 21.9 Å². The van der Waals surface area contributed by atoms with Gasteiger partial charge in [-0.2, -0.15) is 11.8 Å². The number of aliphatic carboxylic acids is 1. The van der Waals surface area contributed by atoms with E-state index in [9.17, 15) is 19.8 Å². The van der Waals surface area contributed by atoms with Crippen molar-refractivity contribution >= 4 is 34.4 Å². The van der Waals surface area contributed by atoms with Crippen molar-refractivity contribution in [3.05, 3.63) is 107 Å². The number of thioether (sulfide) groups is 1. The normalized spacial score (nSPS) is 12.4. The number of carboxylic acids is 1. The Morgan fingerprint density at radius 3 is 2.35 bits per heavy atom. The van der Waals surface area contributed by atoms with Gasteiger partial charge in [0.2, 0.25) is 0 Å². The van der Waals surface area contributed by atoms with E-state index in [2.05, 4.69) is 11.4 Å². The monoisotopic (exact) mass is 547 g/mol. The number of hydrogen-bond donors (Lipinski definition) is 2. The van der Waals surface area contributed by atoms with Gasteiger partial charge in [-0.1, -0.05) is 72.8 Å². The topological polar surface area (TPSA) is 89.5 Å². The van der Waals surface area contributed by atoms with Crippen LogP contribution >= 0.6 is 11.8 Å². The zero-order valence-corrected chi connectivity index (χ0v) is 24.2. The first-order valence-corrected chi connectivity index (χ1v) is 14.6. The molecule has 0 fully saturated rings. The fourth-order valence-electron chi connectivity index (χ4n) is 4.84. The molecule has 1 amide bonds. The third-order valence-electron chi connectivity index (χ3n) is 7.07. The van der Waals surface area contributed by atoms with Crippen molar-refractivity contribution < 1.29 is 38.7 Å². The average molecular weight is 548 g/mol. The summed E-state index contributed by atoms with van der Waals surface area (Å²) in [5.41, 5.74) is 5.10. The minimum atomic E-state index is -1.28. The summed E-state index contributed by atoms with van der Waals surface area (Å²) in [5.74, 6) is -1.11. The third kappa shape index (κ3) is 8.02. The number of fused-ring (bicyclic) bond motifs is 1. The van der Waals surface area contributed by atoms with Gasteiger partial charge in [0.05, 0.1) is 18.1 Å². The zero-order valence-electron chi connectivity index (χ0n) is 23.4. The molecule has 5 nitrogen and oxygen atoms in total. The Morgan fingerprint density at radius 1 is 0.900 bits per heavy atom. The van der Waals surface area contributed by atoms with E-state index in [4.69, 9.17) is 0 Å². The Balaban J connectivity index is 0.00000441. The van der Waals surface area contributed by atoms with Gasteiger partial charge in [-0.15, -0.1) is 0 Å². The molecule has 0 bridgehead atoms. The molecule has 2 atom stereocenters. The Bertz CT molecular complexity index is 1460. The number of aliphatic hydroxyl groups excluding tert-OH is 1. The molecule has 0 spiro atoms. The van der Waals surface area contributed by atoms with Crippen molar-refractivity contribution in [3.8, 4) is 11.1 Å². The predicted octanol–water partition coefficient (Wildman–Crippen LogP) is 2.48. The van der Waals surface area contributed by atoms with Gasteiger partial charge in [-0.25, -0.2) is 0 Å². The van der Waals surface area contributed by atoms with Gasteiger partial charge in [-0.3, -0.25) is 4.79 Å². The molecule has 1 unspecified atom stereocenters. The van der Waals surface area contributed by atoms with E-state index in [0.717, 1.165) is 51.4 Å². The Labute approximate surface area is 252 Å². The van der Waals surface area contributed by atoms with Crippen LogP contribution in [0.1, 0.15) is 52.4 Å². The number of rotatable bonds is 12. The molecule has 40 heavy (non-hydrogen) atoms. The summed E-state index contributed by atoms with van der Waals surface area (Å²) in [5, 5.41) is 27.4. The van der Waals surface area contributed by atoms with Crippen molar-refractivity contribution in [2.45, 2.75) is 44.8 Å². The first-order chi connectivity index (χ1) is 18.9. The summed E-state index contributed by atoms with van der Waals surface area (Å²) in [6.45, 7) is 1.99. The molecule has 7 heteroatoms. The van der Waals surface area contributed by atoms with Crippen molar-refractivity contribution in [2.24, 2.45) is 0 Å². The molecule has 2 N–H and O–H groups in total. The third-order valence-corrected chi connectivity index (χ3v) is 7.71. The average Bonchev–Trinajstić information content (AvgIpc) is 2.94. The van der Waals surface area contributed by atoms with Crippen LogP contribution < -0.4 is 29.3 Å². The SMILES string of the molecule is CSCC[C@H](NC(=O)c1ccc(CCCC(O)c2ccc3ccccc3c2)cc1-c1ccccc1C)C(=O)[O-].[Li+]. The fourth-order valence-corrected chi connectivity index (χ4v) is 5.32. The molecule has 0 aromatic heterocycles. The molecule has 0 heterocycles. The van der Waals surface area contributed by atoms with E-state index in [-0.39, 0.29) is 18.9 Å². The maximum atomic E-state index is 13.3. The van der Waals surface area contributed by atoms with Crippen LogP contribution in [0.4, 0.5) is 0 Å². The molecule has 0 aliphatic carbocycles. The summed E-state index contributed by atoms with van der Waals surface area (Å²) in [6, 6.07) is 26.7. The molecule has 4 rings (SSSR count). The quantitative estimate of drug-likeness (QED) is 0.266. The van der Waals surface area contributed by atoms with Gasteiger partial charge in [0.25, 0.3) is 5.91 Å². The molecule has 4 aromatic rings. The Kier molecular flexibility index (Phi) is 11.9. The number of carbonyl (C=O) groups is 2. The molecule has 0 aliphatic heterocycles. The second-order valence-corrected chi connectivity index (χ2v) is 10.8. The first kappa shape index (κ1) is 31.5. The minimum Gasteiger partial charge on any atom is -0.548 e. The van der Waals surface area contributed by atoms with Gasteiger partial charge < -0.3 is 20.3 Å². The molecular formula is C33H34LiNO4S. The summed E-state index contributed by atoms with van der Waals surface area (Å²) in [4.78, 5) is 24.9. The van der Waals surface area contributed by atoms with Gasteiger partial charge in [0.1, 0.15) is 0 Å². The van der Waals surface area contributed by atoms with Gasteiger partial charge in [-0.05, 0) is 95.3 Å². The number of aliphatic hydroxyl groups is 1. The van der Waals surface area contributed by atoms with Crippen molar-refractivity contribution in [2.75, 3.05) is 12.0 Å². The summed E-state index contributed by atoms with van der Waals surface area (Å²) in [6.07, 6.45) is 3.76. The van der Waals surface area contributed by atoms with E-state index in [1.165, 1.54) is 11.8 Å². The van der Waals surface area contributed by atoms with Gasteiger partial charge in [0, 0.05) is 5.56 Å². The number of carboxylic acid groups (broad SMARTS) is 1. The maximum Gasteiger partial charge on any atom is 1.00 e. The molecule has 0 saturated carbocycles. The van der Waals surface area contributed by atoms with Crippen LogP contribution in [0.3, 0.4) is 0 Å². The van der Waals surface area contributed by atoms with Crippen LogP contribution in [0.5, 0.6) is 0 Å². The standard InChI is InChI=1S/C33H35NO4S.Li/c1-22-8-3-6-12-27(22)29-20-23(14-17-28(29)32(36)34-30(33(37)38)18-19-39-2)9-7-13-31(35)26-16-15-24-10-4-5-11-25(24)21-26;/h3-6,8,10-12,14-17,20-21,30-31,35H,7,9,13,18-19H2,1-2H3,(H,34,36)(H,37,38);/q;+1/p-1/t30-,31?;/m0./s1. The second-order valence-electron chi connectivity index (χ2n) is 9.84. The predicted molar refractivity (Wildman–Crippen MR) is 158 cm³/mol. The minimum absolute atomic E-state index is 0. The molecule has 0 radical (unpaired) electrons. The smallest absolute Gasteiger partial charge is 0.548 e. The van der Waals surface area contributed by atoms with E-state index in [1.54, 1.807) is 6.07 Å². The van der Waals surface area contributed by atoms with Crippen LogP contribution in [0.2, 0.25) is 0 Å². The Hall–Kier alpha value is -3.01. The second kappa shape index (κ2) is 15.1. The van der Waals surface area contributed by atoms with E-state index >= 15 is 0 Å². The number of hydrogen-bond acceptors (Lipinski definition) is 5. The molecule has 0 saturated heterocycles. The van der Waals surface area contributed by atoms with E-state index in [1.807, 2.05) is 86.0 Å².